The van der Waals surface area contributed by atoms with Gasteiger partial charge in [-0.05, 0) is 37.7 Å². The van der Waals surface area contributed by atoms with Gasteiger partial charge in [-0.1, -0.05) is 25.4 Å². The van der Waals surface area contributed by atoms with E-state index in [0.717, 1.165) is 19.6 Å². The van der Waals surface area contributed by atoms with Gasteiger partial charge in [0.25, 0.3) is 11.8 Å². The zero-order chi connectivity index (χ0) is 26.0. The number of likely N-dealkylation sites (N-methyl/N-ethyl adjacent to an activating group) is 1. The lowest BCUT2D eigenvalue weighted by molar-refractivity contribution is -0.113. The van der Waals surface area contributed by atoms with E-state index in [9.17, 15) is 9.59 Å². The number of aryl methyl sites for hydroxylation is 1. The highest BCUT2D eigenvalue weighted by molar-refractivity contribution is 6.41. The van der Waals surface area contributed by atoms with Crippen molar-refractivity contribution in [3.63, 3.8) is 0 Å². The third kappa shape index (κ3) is 4.98. The Labute approximate surface area is 214 Å². The normalized spacial score (nSPS) is 14.2. The average molecular weight is 512 g/mol. The molecule has 0 aromatic carbocycles. The van der Waals surface area contributed by atoms with E-state index in [2.05, 4.69) is 44.1 Å². The van der Waals surface area contributed by atoms with Gasteiger partial charge in [0.15, 0.2) is 5.82 Å². The molecule has 0 bridgehead atoms. The molecular formula is C24H30ClN9O2. The maximum atomic E-state index is 13.5. The third-order valence-electron chi connectivity index (χ3n) is 6.27. The summed E-state index contributed by atoms with van der Waals surface area (Å²) in [7, 11) is 1.80. The van der Waals surface area contributed by atoms with Crippen LogP contribution in [0, 0.1) is 6.92 Å². The predicted molar refractivity (Wildman–Crippen MR) is 139 cm³/mol. The maximum absolute atomic E-state index is 13.5. The van der Waals surface area contributed by atoms with Crippen LogP contribution in [0.25, 0.3) is 11.6 Å². The molecule has 0 saturated carbocycles. The molecule has 12 heteroatoms. The Morgan fingerprint density at radius 3 is 2.72 bits per heavy atom. The summed E-state index contributed by atoms with van der Waals surface area (Å²) in [5.41, 5.74) is 9.07. The molecular weight excluding hydrogens is 482 g/mol. The van der Waals surface area contributed by atoms with Crippen LogP contribution in [-0.2, 0) is 18.4 Å². The number of nitrogens with one attached hydrogen (secondary N) is 2. The first kappa shape index (κ1) is 25.4. The fraction of sp³-hybridized carbons (Fsp3) is 0.375. The number of fused-ring (bicyclic) bond motifs is 1. The fourth-order valence-corrected chi connectivity index (χ4v) is 4.48. The van der Waals surface area contributed by atoms with Crippen LogP contribution in [0.5, 0.6) is 0 Å². The van der Waals surface area contributed by atoms with Crippen molar-refractivity contribution in [3.05, 3.63) is 51.7 Å². The number of aromatic nitrogens is 5. The summed E-state index contributed by atoms with van der Waals surface area (Å²) >= 11 is 6.43. The number of nitrogen functional groups attached to an aromatic ring is 1. The standard InChI is InChI=1S/C24H30ClN9O2/c1-5-33(6-2)10-8-27-22(35)17-12-28-18(14(17)3)11-16-19-20(25)29-24(26)30-21(19)34(23(16)36)13-15-7-9-32(4)31-15/h7,9,11-12,28H,5-6,8,10,13H2,1-4H3,(H,27,35)(H2,26,29,30). The van der Waals surface area contributed by atoms with E-state index in [4.69, 9.17) is 17.3 Å². The summed E-state index contributed by atoms with van der Waals surface area (Å²) in [5, 5.41) is 7.40. The minimum absolute atomic E-state index is 0.0291. The molecule has 4 rings (SSSR count). The quantitative estimate of drug-likeness (QED) is 0.296. The Bertz CT molecular complexity index is 1320. The lowest BCUT2D eigenvalue weighted by atomic mass is 10.1. The van der Waals surface area contributed by atoms with E-state index in [-0.39, 0.29) is 29.5 Å². The molecule has 1 aliphatic rings. The summed E-state index contributed by atoms with van der Waals surface area (Å²) in [4.78, 5) is 41.5. The van der Waals surface area contributed by atoms with Crippen LogP contribution < -0.4 is 16.0 Å². The van der Waals surface area contributed by atoms with Crippen molar-refractivity contribution in [2.45, 2.75) is 27.3 Å². The second-order valence-corrected chi connectivity index (χ2v) is 8.88. The molecule has 2 amide bonds. The Hall–Kier alpha value is -3.70. The number of hydrogen-bond acceptors (Lipinski definition) is 7. The van der Waals surface area contributed by atoms with E-state index in [1.165, 1.54) is 4.90 Å². The summed E-state index contributed by atoms with van der Waals surface area (Å²) in [6.45, 7) is 9.38. The molecule has 3 aromatic heterocycles. The summed E-state index contributed by atoms with van der Waals surface area (Å²) in [6, 6.07) is 1.82. The minimum atomic E-state index is -0.309. The van der Waals surface area contributed by atoms with E-state index < -0.39 is 0 Å². The topological polar surface area (TPSA) is 138 Å². The van der Waals surface area contributed by atoms with E-state index in [1.807, 2.05) is 13.0 Å². The van der Waals surface area contributed by atoms with Gasteiger partial charge < -0.3 is 20.9 Å². The molecule has 11 nitrogen and oxygen atoms in total. The lowest BCUT2D eigenvalue weighted by Crippen LogP contribution is -2.34. The van der Waals surface area contributed by atoms with Gasteiger partial charge >= 0.3 is 0 Å². The van der Waals surface area contributed by atoms with Crippen LogP contribution in [0.3, 0.4) is 0 Å². The van der Waals surface area contributed by atoms with Crippen molar-refractivity contribution in [2.75, 3.05) is 36.8 Å². The number of nitrogens with zero attached hydrogens (tertiary/aromatic N) is 6. The Morgan fingerprint density at radius 2 is 2.06 bits per heavy atom. The molecule has 0 unspecified atom stereocenters. The number of H-pyrrole nitrogens is 1. The highest BCUT2D eigenvalue weighted by atomic mass is 35.5. The summed E-state index contributed by atoms with van der Waals surface area (Å²) < 4.78 is 1.66. The second-order valence-electron chi connectivity index (χ2n) is 8.53. The van der Waals surface area contributed by atoms with Gasteiger partial charge in [-0.25, -0.2) is 4.98 Å². The largest absolute Gasteiger partial charge is 0.368 e. The monoisotopic (exact) mass is 511 g/mol. The predicted octanol–water partition coefficient (Wildman–Crippen LogP) is 2.24. The van der Waals surface area contributed by atoms with Crippen molar-refractivity contribution in [1.29, 1.82) is 0 Å². The highest BCUT2D eigenvalue weighted by Crippen LogP contribution is 2.41. The lowest BCUT2D eigenvalue weighted by Gasteiger charge is -2.17. The zero-order valence-corrected chi connectivity index (χ0v) is 21.6. The van der Waals surface area contributed by atoms with Gasteiger partial charge in [0.1, 0.15) is 5.15 Å². The first-order valence-corrected chi connectivity index (χ1v) is 12.1. The first-order valence-electron chi connectivity index (χ1n) is 11.8. The number of halogens is 1. The van der Waals surface area contributed by atoms with E-state index >= 15 is 0 Å². The Balaban J connectivity index is 1.62. The number of carbonyl (C=O) groups is 2. The number of amides is 2. The van der Waals surface area contributed by atoms with Gasteiger partial charge in [0, 0.05) is 38.2 Å². The summed E-state index contributed by atoms with van der Waals surface area (Å²) in [6.07, 6.45) is 5.11. The van der Waals surface area contributed by atoms with Crippen molar-refractivity contribution in [1.82, 2.24) is 34.9 Å². The van der Waals surface area contributed by atoms with Crippen molar-refractivity contribution < 1.29 is 9.59 Å². The highest BCUT2D eigenvalue weighted by Gasteiger charge is 2.37. The molecule has 3 aromatic rings. The van der Waals surface area contributed by atoms with Crippen molar-refractivity contribution in [3.8, 4) is 0 Å². The molecule has 0 saturated heterocycles. The fourth-order valence-electron chi connectivity index (χ4n) is 4.21. The molecule has 1 aliphatic heterocycles. The molecule has 0 radical (unpaired) electrons. The molecule has 0 spiro atoms. The van der Waals surface area contributed by atoms with Gasteiger partial charge in [-0.15, -0.1) is 0 Å². The number of aromatic amines is 1. The molecule has 0 fully saturated rings. The molecule has 36 heavy (non-hydrogen) atoms. The number of anilines is 2. The average Bonchev–Trinajstić information content (AvgIpc) is 3.49. The second kappa shape index (κ2) is 10.5. The smallest absolute Gasteiger partial charge is 0.260 e. The molecule has 4 N–H and O–H groups in total. The third-order valence-corrected chi connectivity index (χ3v) is 6.55. The van der Waals surface area contributed by atoms with Crippen molar-refractivity contribution >= 4 is 46.8 Å². The van der Waals surface area contributed by atoms with Crippen molar-refractivity contribution in [2.24, 2.45) is 7.05 Å². The van der Waals surface area contributed by atoms with Crippen LogP contribution in [0.2, 0.25) is 5.15 Å². The Kier molecular flexibility index (Phi) is 7.41. The molecule has 4 heterocycles. The van der Waals surface area contributed by atoms with Crippen LogP contribution in [0.4, 0.5) is 11.8 Å². The number of nitrogens with two attached hydrogens (primary N) is 1. The van der Waals surface area contributed by atoms with Gasteiger partial charge in [0.2, 0.25) is 5.95 Å². The minimum Gasteiger partial charge on any atom is -0.368 e. The molecule has 0 aliphatic carbocycles. The van der Waals surface area contributed by atoms with E-state index in [0.29, 0.717) is 46.0 Å². The van der Waals surface area contributed by atoms with E-state index in [1.54, 1.807) is 30.2 Å². The maximum Gasteiger partial charge on any atom is 0.260 e. The Morgan fingerprint density at radius 1 is 1.31 bits per heavy atom. The van der Waals surface area contributed by atoms with Crippen LogP contribution in [0.15, 0.2) is 18.5 Å². The van der Waals surface area contributed by atoms with Crippen LogP contribution in [0.1, 0.15) is 46.7 Å². The molecule has 190 valence electrons. The number of rotatable bonds is 9. The van der Waals surface area contributed by atoms with Crippen LogP contribution >= 0.6 is 11.6 Å². The van der Waals surface area contributed by atoms with Crippen LogP contribution in [-0.4, -0.2) is 67.6 Å². The first-order chi connectivity index (χ1) is 17.2. The number of carbonyl (C=O) groups excluding carboxylic acids is 2. The SMILES string of the molecule is CCN(CC)CCNC(=O)c1c[nH]c(C=C2C(=O)N(Cc3ccn(C)n3)c3nc(N)nc(Cl)c32)c1C. The van der Waals surface area contributed by atoms with Gasteiger partial charge in [-0.2, -0.15) is 10.1 Å². The number of hydrogen-bond donors (Lipinski definition) is 3. The van der Waals surface area contributed by atoms with Gasteiger partial charge in [0.05, 0.1) is 28.9 Å². The van der Waals surface area contributed by atoms with Gasteiger partial charge in [-0.3, -0.25) is 19.2 Å². The summed E-state index contributed by atoms with van der Waals surface area (Å²) in [5.74, 6) is -0.187. The zero-order valence-electron chi connectivity index (χ0n) is 20.8. The molecule has 0 atom stereocenters.